The first-order chi connectivity index (χ1) is 12.9. The third-order valence-corrected chi connectivity index (χ3v) is 6.77. The minimum absolute atomic E-state index is 0.00165. The fourth-order valence-corrected chi connectivity index (χ4v) is 4.65. The Morgan fingerprint density at radius 2 is 1.89 bits per heavy atom. The van der Waals surface area contributed by atoms with Gasteiger partial charge in [0.25, 0.3) is 5.91 Å². The second kappa shape index (κ2) is 7.79. The molecule has 0 spiro atoms. The SMILES string of the molecule is CCN(CC)S(=O)(=O)c1ccc2[nH]cc(C(=O)N3CCOCC3)c(=O)c2c1. The number of nitrogens with zero attached hydrogens (tertiary/aromatic N) is 2. The molecule has 1 aliphatic rings. The quantitative estimate of drug-likeness (QED) is 0.818. The fraction of sp³-hybridized carbons (Fsp3) is 0.444. The summed E-state index contributed by atoms with van der Waals surface area (Å²) < 4.78 is 32.0. The Morgan fingerprint density at radius 3 is 2.52 bits per heavy atom. The van der Waals surface area contributed by atoms with Crippen molar-refractivity contribution in [2.24, 2.45) is 0 Å². The lowest BCUT2D eigenvalue weighted by Gasteiger charge is -2.26. The van der Waals surface area contributed by atoms with Crippen molar-refractivity contribution in [1.29, 1.82) is 0 Å². The Balaban J connectivity index is 2.07. The van der Waals surface area contributed by atoms with E-state index >= 15 is 0 Å². The minimum Gasteiger partial charge on any atom is -0.378 e. The number of rotatable bonds is 5. The molecule has 2 heterocycles. The lowest BCUT2D eigenvalue weighted by atomic mass is 10.1. The van der Waals surface area contributed by atoms with Crippen molar-refractivity contribution < 1.29 is 17.9 Å². The predicted octanol–water partition coefficient (Wildman–Crippen LogP) is 1.03. The number of hydrogen-bond donors (Lipinski definition) is 1. The van der Waals surface area contributed by atoms with Gasteiger partial charge in [0, 0.05) is 43.3 Å². The van der Waals surface area contributed by atoms with E-state index in [0.29, 0.717) is 44.9 Å². The van der Waals surface area contributed by atoms with Crippen molar-refractivity contribution in [2.75, 3.05) is 39.4 Å². The third-order valence-electron chi connectivity index (χ3n) is 4.72. The number of amides is 1. The second-order valence-electron chi connectivity index (χ2n) is 6.23. The predicted molar refractivity (Wildman–Crippen MR) is 101 cm³/mol. The highest BCUT2D eigenvalue weighted by Crippen LogP contribution is 2.20. The van der Waals surface area contributed by atoms with Crippen LogP contribution in [-0.4, -0.2) is 67.9 Å². The molecular formula is C18H23N3O5S. The Morgan fingerprint density at radius 1 is 1.22 bits per heavy atom. The van der Waals surface area contributed by atoms with Gasteiger partial charge >= 0.3 is 0 Å². The molecule has 0 radical (unpaired) electrons. The Labute approximate surface area is 157 Å². The summed E-state index contributed by atoms with van der Waals surface area (Å²) in [7, 11) is -3.69. The average Bonchev–Trinajstić information content (AvgIpc) is 2.69. The number of nitrogens with one attached hydrogen (secondary N) is 1. The molecule has 1 saturated heterocycles. The van der Waals surface area contributed by atoms with Crippen LogP contribution in [0.2, 0.25) is 0 Å². The van der Waals surface area contributed by atoms with Crippen LogP contribution >= 0.6 is 0 Å². The van der Waals surface area contributed by atoms with Crippen LogP contribution in [0.25, 0.3) is 10.9 Å². The molecule has 1 aromatic heterocycles. The highest BCUT2D eigenvalue weighted by Gasteiger charge is 2.24. The molecule has 0 atom stereocenters. The molecule has 1 aromatic carbocycles. The monoisotopic (exact) mass is 393 g/mol. The largest absolute Gasteiger partial charge is 0.378 e. The number of sulfonamides is 1. The topological polar surface area (TPSA) is 99.8 Å². The van der Waals surface area contributed by atoms with Gasteiger partial charge in [-0.3, -0.25) is 9.59 Å². The summed E-state index contributed by atoms with van der Waals surface area (Å²) in [6.07, 6.45) is 1.39. The number of pyridine rings is 1. The van der Waals surface area contributed by atoms with Crippen molar-refractivity contribution in [3.05, 3.63) is 40.2 Å². The van der Waals surface area contributed by atoms with Gasteiger partial charge in [-0.15, -0.1) is 0 Å². The summed E-state index contributed by atoms with van der Waals surface area (Å²) in [6, 6.07) is 4.36. The molecule has 1 aliphatic heterocycles. The molecule has 27 heavy (non-hydrogen) atoms. The molecule has 1 N–H and O–H groups in total. The number of carbonyl (C=O) groups is 1. The van der Waals surface area contributed by atoms with E-state index in [1.807, 2.05) is 0 Å². The maximum atomic E-state index is 12.9. The van der Waals surface area contributed by atoms with Crippen LogP contribution in [0.3, 0.4) is 0 Å². The number of benzene rings is 1. The highest BCUT2D eigenvalue weighted by molar-refractivity contribution is 7.89. The van der Waals surface area contributed by atoms with E-state index in [0.717, 1.165) is 0 Å². The molecular weight excluding hydrogens is 370 g/mol. The van der Waals surface area contributed by atoms with E-state index in [9.17, 15) is 18.0 Å². The van der Waals surface area contributed by atoms with Crippen LogP contribution in [0.1, 0.15) is 24.2 Å². The first-order valence-electron chi connectivity index (χ1n) is 8.92. The first kappa shape index (κ1) is 19.5. The summed E-state index contributed by atoms with van der Waals surface area (Å²) in [4.78, 5) is 30.1. The number of aromatic nitrogens is 1. The van der Waals surface area contributed by atoms with Gasteiger partial charge < -0.3 is 14.6 Å². The number of hydrogen-bond acceptors (Lipinski definition) is 5. The zero-order valence-electron chi connectivity index (χ0n) is 15.4. The van der Waals surface area contributed by atoms with E-state index in [4.69, 9.17) is 4.74 Å². The number of ether oxygens (including phenoxy) is 1. The first-order valence-corrected chi connectivity index (χ1v) is 10.4. The maximum absolute atomic E-state index is 12.9. The number of carbonyl (C=O) groups excluding carboxylic acids is 1. The molecule has 0 bridgehead atoms. The molecule has 9 heteroatoms. The van der Waals surface area contributed by atoms with Gasteiger partial charge in [0.05, 0.1) is 18.1 Å². The van der Waals surface area contributed by atoms with Crippen LogP contribution in [0, 0.1) is 0 Å². The summed E-state index contributed by atoms with van der Waals surface area (Å²) in [5.74, 6) is -0.376. The van der Waals surface area contributed by atoms with Crippen LogP contribution in [0.5, 0.6) is 0 Å². The van der Waals surface area contributed by atoms with E-state index in [-0.39, 0.29) is 21.8 Å². The van der Waals surface area contributed by atoms with Crippen LogP contribution in [0.4, 0.5) is 0 Å². The van der Waals surface area contributed by atoms with E-state index in [1.54, 1.807) is 24.8 Å². The maximum Gasteiger partial charge on any atom is 0.259 e. The van der Waals surface area contributed by atoms with Crippen LogP contribution in [-0.2, 0) is 14.8 Å². The Hall–Kier alpha value is -2.23. The molecule has 0 aliphatic carbocycles. The van der Waals surface area contributed by atoms with Gasteiger partial charge in [0.1, 0.15) is 5.56 Å². The third kappa shape index (κ3) is 3.62. The molecule has 2 aromatic rings. The summed E-state index contributed by atoms with van der Waals surface area (Å²) in [5, 5.41) is 0.183. The summed E-state index contributed by atoms with van der Waals surface area (Å²) in [5.41, 5.74) is 0.00986. The van der Waals surface area contributed by atoms with Crippen molar-refractivity contribution in [1.82, 2.24) is 14.2 Å². The van der Waals surface area contributed by atoms with Gasteiger partial charge in [-0.2, -0.15) is 4.31 Å². The normalized spacial score (nSPS) is 15.4. The van der Waals surface area contributed by atoms with E-state index in [1.165, 1.54) is 22.6 Å². The van der Waals surface area contributed by atoms with E-state index in [2.05, 4.69) is 4.98 Å². The van der Waals surface area contributed by atoms with Crippen molar-refractivity contribution in [3.63, 3.8) is 0 Å². The lowest BCUT2D eigenvalue weighted by molar-refractivity contribution is 0.0302. The standard InChI is InChI=1S/C18H23N3O5S/c1-3-21(4-2)27(24,25)13-5-6-16-14(11-13)17(22)15(12-19-16)18(23)20-7-9-26-10-8-20/h5-6,11-12H,3-4,7-10H2,1-2H3,(H,19,22). The zero-order valence-corrected chi connectivity index (χ0v) is 16.2. The van der Waals surface area contributed by atoms with E-state index < -0.39 is 15.5 Å². The van der Waals surface area contributed by atoms with Crippen molar-refractivity contribution >= 4 is 26.8 Å². The smallest absolute Gasteiger partial charge is 0.259 e. The van der Waals surface area contributed by atoms with Crippen LogP contribution < -0.4 is 5.43 Å². The van der Waals surface area contributed by atoms with Crippen molar-refractivity contribution in [3.8, 4) is 0 Å². The zero-order chi connectivity index (χ0) is 19.6. The molecule has 1 amide bonds. The number of H-pyrrole nitrogens is 1. The second-order valence-corrected chi connectivity index (χ2v) is 8.17. The summed E-state index contributed by atoms with van der Waals surface area (Å²) >= 11 is 0. The highest BCUT2D eigenvalue weighted by atomic mass is 32.2. The van der Waals surface area contributed by atoms with Gasteiger partial charge in [-0.05, 0) is 18.2 Å². The van der Waals surface area contributed by atoms with Gasteiger partial charge in [0.2, 0.25) is 15.5 Å². The molecule has 1 fully saturated rings. The number of aromatic amines is 1. The molecule has 146 valence electrons. The molecule has 0 saturated carbocycles. The molecule has 3 rings (SSSR count). The van der Waals surface area contributed by atoms with Gasteiger partial charge in [-0.1, -0.05) is 13.8 Å². The fourth-order valence-electron chi connectivity index (χ4n) is 3.17. The number of morpholine rings is 1. The lowest BCUT2D eigenvalue weighted by Crippen LogP contribution is -2.42. The van der Waals surface area contributed by atoms with Gasteiger partial charge in [0.15, 0.2) is 0 Å². The Kier molecular flexibility index (Phi) is 5.64. The summed E-state index contributed by atoms with van der Waals surface area (Å²) in [6.45, 7) is 5.90. The van der Waals surface area contributed by atoms with Gasteiger partial charge in [-0.25, -0.2) is 8.42 Å². The van der Waals surface area contributed by atoms with Crippen molar-refractivity contribution in [2.45, 2.75) is 18.7 Å². The van der Waals surface area contributed by atoms with Crippen LogP contribution in [0.15, 0.2) is 34.1 Å². The number of fused-ring (bicyclic) bond motifs is 1. The Bertz CT molecular complexity index is 1010. The molecule has 0 unspecified atom stereocenters. The molecule has 8 nitrogen and oxygen atoms in total. The minimum atomic E-state index is -3.69. The average molecular weight is 393 g/mol.